The fourth-order valence-corrected chi connectivity index (χ4v) is 1.50. The molecule has 1 rings (SSSR count). The Labute approximate surface area is 94.6 Å². The van der Waals surface area contributed by atoms with E-state index < -0.39 is 6.29 Å². The molecule has 1 aromatic carbocycles. The summed E-state index contributed by atoms with van der Waals surface area (Å²) >= 11 is 5.98. The molecule has 15 heavy (non-hydrogen) atoms. The Morgan fingerprint density at radius 2 is 1.87 bits per heavy atom. The highest BCUT2D eigenvalue weighted by molar-refractivity contribution is 6.31. The van der Waals surface area contributed by atoms with Crippen LogP contribution in [0.25, 0.3) is 0 Å². The predicted molar refractivity (Wildman–Crippen MR) is 59.1 cm³/mol. The van der Waals surface area contributed by atoms with E-state index in [9.17, 15) is 5.11 Å². The Hall–Kier alpha value is -0.770. The highest BCUT2D eigenvalue weighted by Gasteiger charge is 2.14. The van der Waals surface area contributed by atoms with Gasteiger partial charge in [0, 0.05) is 18.8 Å². The van der Waals surface area contributed by atoms with Crippen molar-refractivity contribution >= 4 is 11.6 Å². The molecule has 0 aliphatic rings. The van der Waals surface area contributed by atoms with Gasteiger partial charge in [-0.1, -0.05) is 11.6 Å². The van der Waals surface area contributed by atoms with E-state index in [1.54, 1.807) is 12.1 Å². The van der Waals surface area contributed by atoms with Gasteiger partial charge in [0.15, 0.2) is 6.29 Å². The first kappa shape index (κ1) is 12.3. The lowest BCUT2D eigenvalue weighted by Crippen LogP contribution is -2.09. The molecule has 0 spiro atoms. The second kappa shape index (κ2) is 5.95. The summed E-state index contributed by atoms with van der Waals surface area (Å²) in [5.74, 6) is 0.135. The van der Waals surface area contributed by atoms with E-state index >= 15 is 0 Å². The van der Waals surface area contributed by atoms with Crippen molar-refractivity contribution in [3.8, 4) is 5.75 Å². The monoisotopic (exact) mass is 230 g/mol. The molecule has 0 aromatic heterocycles. The lowest BCUT2D eigenvalue weighted by molar-refractivity contribution is -0.140. The molecule has 3 nitrogen and oxygen atoms in total. The van der Waals surface area contributed by atoms with E-state index in [-0.39, 0.29) is 5.75 Å². The maximum absolute atomic E-state index is 9.21. The Balaban J connectivity index is 2.89. The standard InChI is InChI=1S/C11H15ClO3/c1-3-14-11(15-4-2)9-6-5-8(13)7-10(9)12/h5-7,11,13H,3-4H2,1-2H3. The number of phenolic OH excluding ortho intramolecular Hbond substituents is 1. The number of hydrogen-bond donors (Lipinski definition) is 1. The number of rotatable bonds is 5. The van der Waals surface area contributed by atoms with Gasteiger partial charge in [0.25, 0.3) is 0 Å². The van der Waals surface area contributed by atoms with Crippen LogP contribution in [0.5, 0.6) is 5.75 Å². The average molecular weight is 231 g/mol. The molecular weight excluding hydrogens is 216 g/mol. The van der Waals surface area contributed by atoms with Crippen LogP contribution in [0, 0.1) is 0 Å². The first-order valence-electron chi connectivity index (χ1n) is 4.90. The van der Waals surface area contributed by atoms with Crippen molar-refractivity contribution in [2.75, 3.05) is 13.2 Å². The molecule has 0 bridgehead atoms. The summed E-state index contributed by atoms with van der Waals surface area (Å²) in [5, 5.41) is 9.66. The normalized spacial score (nSPS) is 10.9. The number of aromatic hydroxyl groups is 1. The van der Waals surface area contributed by atoms with Gasteiger partial charge in [0.2, 0.25) is 0 Å². The SMILES string of the molecule is CCOC(OCC)c1ccc(O)cc1Cl. The van der Waals surface area contributed by atoms with Gasteiger partial charge in [-0.15, -0.1) is 0 Å². The van der Waals surface area contributed by atoms with Gasteiger partial charge in [-0.2, -0.15) is 0 Å². The molecule has 1 N–H and O–H groups in total. The number of halogens is 1. The number of ether oxygens (including phenoxy) is 2. The number of hydrogen-bond acceptors (Lipinski definition) is 3. The topological polar surface area (TPSA) is 38.7 Å². The van der Waals surface area contributed by atoms with Crippen LogP contribution in [-0.4, -0.2) is 18.3 Å². The van der Waals surface area contributed by atoms with Gasteiger partial charge >= 0.3 is 0 Å². The van der Waals surface area contributed by atoms with Gasteiger partial charge in [0.1, 0.15) is 5.75 Å². The molecule has 84 valence electrons. The van der Waals surface area contributed by atoms with Crippen LogP contribution in [0.1, 0.15) is 25.7 Å². The second-order valence-corrected chi connectivity index (χ2v) is 3.36. The zero-order valence-corrected chi connectivity index (χ0v) is 9.62. The summed E-state index contributed by atoms with van der Waals surface area (Å²) in [5.41, 5.74) is 0.734. The molecule has 0 amide bonds. The summed E-state index contributed by atoms with van der Waals surface area (Å²) < 4.78 is 10.8. The summed E-state index contributed by atoms with van der Waals surface area (Å²) in [4.78, 5) is 0. The molecule has 0 unspecified atom stereocenters. The molecule has 0 aliphatic carbocycles. The molecule has 0 atom stereocenters. The summed E-state index contributed by atoms with van der Waals surface area (Å²) in [6.45, 7) is 4.87. The largest absolute Gasteiger partial charge is 0.508 e. The molecule has 1 aromatic rings. The smallest absolute Gasteiger partial charge is 0.185 e. The molecule has 0 saturated carbocycles. The van der Waals surface area contributed by atoms with Gasteiger partial charge in [0.05, 0.1) is 5.02 Å². The van der Waals surface area contributed by atoms with Crippen molar-refractivity contribution in [3.63, 3.8) is 0 Å². The highest BCUT2D eigenvalue weighted by atomic mass is 35.5. The maximum atomic E-state index is 9.21. The van der Waals surface area contributed by atoms with E-state index in [0.717, 1.165) is 5.56 Å². The van der Waals surface area contributed by atoms with Crippen molar-refractivity contribution in [3.05, 3.63) is 28.8 Å². The van der Waals surface area contributed by atoms with Crippen LogP contribution in [0.15, 0.2) is 18.2 Å². The van der Waals surface area contributed by atoms with Gasteiger partial charge in [-0.25, -0.2) is 0 Å². The van der Waals surface area contributed by atoms with Crippen LogP contribution in [0.3, 0.4) is 0 Å². The Morgan fingerprint density at radius 3 is 2.33 bits per heavy atom. The minimum atomic E-state index is -0.465. The van der Waals surface area contributed by atoms with E-state index in [0.29, 0.717) is 18.2 Å². The molecule has 4 heteroatoms. The van der Waals surface area contributed by atoms with E-state index in [1.807, 2.05) is 13.8 Å². The van der Waals surface area contributed by atoms with Crippen molar-refractivity contribution in [2.45, 2.75) is 20.1 Å². The van der Waals surface area contributed by atoms with Crippen LogP contribution in [-0.2, 0) is 9.47 Å². The Kier molecular flexibility index (Phi) is 4.88. The summed E-state index contributed by atoms with van der Waals surface area (Å²) in [6, 6.07) is 4.74. The highest BCUT2D eigenvalue weighted by Crippen LogP contribution is 2.29. The molecule has 0 fully saturated rings. The predicted octanol–water partition coefficient (Wildman–Crippen LogP) is 3.12. The summed E-state index contributed by atoms with van der Waals surface area (Å²) in [7, 11) is 0. The van der Waals surface area contributed by atoms with Crippen molar-refractivity contribution in [1.29, 1.82) is 0 Å². The minimum absolute atomic E-state index is 0.135. The number of benzene rings is 1. The van der Waals surface area contributed by atoms with Crippen LogP contribution in [0.4, 0.5) is 0 Å². The maximum Gasteiger partial charge on any atom is 0.185 e. The molecule has 0 aliphatic heterocycles. The minimum Gasteiger partial charge on any atom is -0.508 e. The Morgan fingerprint density at radius 1 is 1.27 bits per heavy atom. The first-order valence-corrected chi connectivity index (χ1v) is 5.28. The molecule has 0 radical (unpaired) electrons. The van der Waals surface area contributed by atoms with Gasteiger partial charge < -0.3 is 14.6 Å². The molecule has 0 saturated heterocycles. The lowest BCUT2D eigenvalue weighted by Gasteiger charge is -2.18. The second-order valence-electron chi connectivity index (χ2n) is 2.95. The van der Waals surface area contributed by atoms with Gasteiger partial charge in [-0.05, 0) is 32.0 Å². The zero-order chi connectivity index (χ0) is 11.3. The summed E-state index contributed by atoms with van der Waals surface area (Å²) in [6.07, 6.45) is -0.465. The van der Waals surface area contributed by atoms with E-state index in [2.05, 4.69) is 0 Å². The van der Waals surface area contributed by atoms with E-state index in [1.165, 1.54) is 6.07 Å². The van der Waals surface area contributed by atoms with Crippen molar-refractivity contribution in [1.82, 2.24) is 0 Å². The fourth-order valence-electron chi connectivity index (χ4n) is 1.24. The molecular formula is C11H15ClO3. The van der Waals surface area contributed by atoms with Crippen LogP contribution in [0.2, 0.25) is 5.02 Å². The van der Waals surface area contributed by atoms with Crippen LogP contribution >= 0.6 is 11.6 Å². The third-order valence-corrected chi connectivity index (χ3v) is 2.20. The average Bonchev–Trinajstić information content (AvgIpc) is 2.17. The third kappa shape index (κ3) is 3.38. The van der Waals surface area contributed by atoms with Crippen molar-refractivity contribution < 1.29 is 14.6 Å². The van der Waals surface area contributed by atoms with Crippen molar-refractivity contribution in [2.24, 2.45) is 0 Å². The third-order valence-electron chi connectivity index (χ3n) is 1.87. The fraction of sp³-hybridized carbons (Fsp3) is 0.455. The Bertz CT molecular complexity index is 309. The molecule has 0 heterocycles. The quantitative estimate of drug-likeness (QED) is 0.790. The lowest BCUT2D eigenvalue weighted by atomic mass is 10.2. The van der Waals surface area contributed by atoms with E-state index in [4.69, 9.17) is 21.1 Å². The van der Waals surface area contributed by atoms with Gasteiger partial charge in [-0.3, -0.25) is 0 Å². The number of phenols is 1. The van der Waals surface area contributed by atoms with Crippen LogP contribution < -0.4 is 0 Å². The zero-order valence-electron chi connectivity index (χ0n) is 8.87. The first-order chi connectivity index (χ1) is 7.19.